The lowest BCUT2D eigenvalue weighted by atomic mass is 10.2. The summed E-state index contributed by atoms with van der Waals surface area (Å²) in [6.07, 6.45) is 1.61. The standard InChI is InChI=1S/C18H21N7O4S/c1-5-29-16-8-14(6-7-15(16)26)9-19-24-13(4)20-21-18(24)30-10-23-12(3)17(25(27)28)11(2)22-23/h6-9,26H,5,10H2,1-4H3/b19-9+. The summed E-state index contributed by atoms with van der Waals surface area (Å²) in [6.45, 7) is 7.31. The highest BCUT2D eigenvalue weighted by atomic mass is 32.2. The van der Waals surface area contributed by atoms with E-state index in [-0.39, 0.29) is 11.4 Å². The highest BCUT2D eigenvalue weighted by Gasteiger charge is 2.22. The van der Waals surface area contributed by atoms with Gasteiger partial charge in [0.25, 0.3) is 0 Å². The summed E-state index contributed by atoms with van der Waals surface area (Å²) in [5, 5.41) is 38.3. The number of aromatic hydroxyl groups is 1. The second kappa shape index (κ2) is 8.95. The van der Waals surface area contributed by atoms with Crippen LogP contribution in [0.1, 0.15) is 29.7 Å². The fourth-order valence-corrected chi connectivity index (χ4v) is 3.65. The molecule has 12 heteroatoms. The zero-order chi connectivity index (χ0) is 21.8. The van der Waals surface area contributed by atoms with Crippen molar-refractivity contribution in [2.24, 2.45) is 5.10 Å². The molecule has 0 aliphatic rings. The molecule has 0 unspecified atom stereocenters. The van der Waals surface area contributed by atoms with E-state index < -0.39 is 4.92 Å². The Kier molecular flexibility index (Phi) is 6.35. The van der Waals surface area contributed by atoms with Crippen LogP contribution in [0.15, 0.2) is 28.5 Å². The predicted molar refractivity (Wildman–Crippen MR) is 111 cm³/mol. The molecular formula is C18H21N7O4S. The van der Waals surface area contributed by atoms with E-state index in [2.05, 4.69) is 20.4 Å². The van der Waals surface area contributed by atoms with Crippen molar-refractivity contribution < 1.29 is 14.8 Å². The molecular weight excluding hydrogens is 410 g/mol. The molecule has 0 saturated heterocycles. The van der Waals surface area contributed by atoms with Gasteiger partial charge in [-0.1, -0.05) is 11.8 Å². The Bertz CT molecular complexity index is 1110. The van der Waals surface area contributed by atoms with Crippen LogP contribution in [0.3, 0.4) is 0 Å². The number of benzene rings is 1. The molecule has 0 bridgehead atoms. The van der Waals surface area contributed by atoms with Gasteiger partial charge in [-0.15, -0.1) is 10.2 Å². The molecule has 1 aromatic carbocycles. The highest BCUT2D eigenvalue weighted by molar-refractivity contribution is 7.98. The molecule has 3 aromatic rings. The van der Waals surface area contributed by atoms with Crippen LogP contribution < -0.4 is 4.74 Å². The number of phenols is 1. The van der Waals surface area contributed by atoms with Gasteiger partial charge in [0, 0.05) is 0 Å². The van der Waals surface area contributed by atoms with Crippen molar-refractivity contribution in [1.82, 2.24) is 24.7 Å². The molecule has 30 heavy (non-hydrogen) atoms. The average molecular weight is 431 g/mol. The molecule has 0 fully saturated rings. The molecule has 0 radical (unpaired) electrons. The van der Waals surface area contributed by atoms with Gasteiger partial charge in [-0.25, -0.2) is 0 Å². The number of phenolic OH excluding ortho intramolecular Hbond substituents is 1. The van der Waals surface area contributed by atoms with Gasteiger partial charge in [0.15, 0.2) is 17.3 Å². The van der Waals surface area contributed by atoms with Crippen molar-refractivity contribution in [1.29, 1.82) is 0 Å². The van der Waals surface area contributed by atoms with Crippen molar-refractivity contribution in [2.75, 3.05) is 6.61 Å². The van der Waals surface area contributed by atoms with Crippen molar-refractivity contribution in [3.8, 4) is 11.5 Å². The van der Waals surface area contributed by atoms with Crippen molar-refractivity contribution in [3.63, 3.8) is 0 Å². The first-order valence-corrected chi connectivity index (χ1v) is 10.0. The summed E-state index contributed by atoms with van der Waals surface area (Å²) in [5.41, 5.74) is 1.59. The van der Waals surface area contributed by atoms with Gasteiger partial charge < -0.3 is 9.84 Å². The van der Waals surface area contributed by atoms with Crippen molar-refractivity contribution in [3.05, 3.63) is 51.1 Å². The molecule has 0 aliphatic carbocycles. The van der Waals surface area contributed by atoms with E-state index in [4.69, 9.17) is 4.74 Å². The van der Waals surface area contributed by atoms with Crippen LogP contribution in [0.2, 0.25) is 0 Å². The monoisotopic (exact) mass is 431 g/mol. The molecule has 0 aliphatic heterocycles. The molecule has 0 atom stereocenters. The third kappa shape index (κ3) is 4.43. The lowest BCUT2D eigenvalue weighted by Gasteiger charge is -2.06. The first kappa shape index (κ1) is 21.3. The first-order chi connectivity index (χ1) is 14.3. The molecule has 1 N–H and O–H groups in total. The molecule has 2 heterocycles. The van der Waals surface area contributed by atoms with Crippen LogP contribution in [-0.4, -0.2) is 47.5 Å². The topological polar surface area (TPSA) is 133 Å². The van der Waals surface area contributed by atoms with Crippen LogP contribution in [0, 0.1) is 30.9 Å². The number of nitrogens with zero attached hydrogens (tertiary/aromatic N) is 7. The fraction of sp³-hybridized carbons (Fsp3) is 0.333. The van der Waals surface area contributed by atoms with Gasteiger partial charge in [-0.05, 0) is 51.5 Å². The molecule has 0 amide bonds. The molecule has 11 nitrogen and oxygen atoms in total. The van der Waals surface area contributed by atoms with E-state index in [0.29, 0.717) is 40.6 Å². The Hall–Kier alpha value is -3.41. The Morgan fingerprint density at radius 1 is 1.33 bits per heavy atom. The maximum absolute atomic E-state index is 11.2. The number of nitro groups is 1. The minimum Gasteiger partial charge on any atom is -0.504 e. The van der Waals surface area contributed by atoms with Crippen LogP contribution >= 0.6 is 11.8 Å². The number of thioether (sulfide) groups is 1. The van der Waals surface area contributed by atoms with E-state index in [0.717, 1.165) is 5.56 Å². The zero-order valence-electron chi connectivity index (χ0n) is 16.9. The smallest absolute Gasteiger partial charge is 0.312 e. The second-order valence-electron chi connectivity index (χ2n) is 6.30. The number of ether oxygens (including phenoxy) is 1. The molecule has 3 rings (SSSR count). The summed E-state index contributed by atoms with van der Waals surface area (Å²) in [7, 11) is 0. The van der Waals surface area contributed by atoms with Gasteiger partial charge in [-0.2, -0.15) is 14.9 Å². The minimum absolute atomic E-state index is 0.0173. The number of rotatable bonds is 8. The average Bonchev–Trinajstić information content (AvgIpc) is 3.19. The van der Waals surface area contributed by atoms with Gasteiger partial charge in [0.05, 0.1) is 23.6 Å². The summed E-state index contributed by atoms with van der Waals surface area (Å²) >= 11 is 1.31. The van der Waals surface area contributed by atoms with Crippen LogP contribution in [0.5, 0.6) is 11.5 Å². The highest BCUT2D eigenvalue weighted by Crippen LogP contribution is 2.27. The first-order valence-electron chi connectivity index (χ1n) is 9.05. The predicted octanol–water partition coefficient (Wildman–Crippen LogP) is 3.04. The fourth-order valence-electron chi connectivity index (χ4n) is 2.76. The number of hydrogen-bond acceptors (Lipinski definition) is 9. The van der Waals surface area contributed by atoms with E-state index in [1.165, 1.54) is 17.8 Å². The third-order valence-corrected chi connectivity index (χ3v) is 5.10. The maximum atomic E-state index is 11.2. The largest absolute Gasteiger partial charge is 0.504 e. The lowest BCUT2D eigenvalue weighted by molar-refractivity contribution is -0.386. The number of aromatic nitrogens is 5. The number of aryl methyl sites for hydroxylation is 2. The Labute approximate surface area is 176 Å². The summed E-state index contributed by atoms with van der Waals surface area (Å²) in [4.78, 5) is 10.7. The summed E-state index contributed by atoms with van der Waals surface area (Å²) < 4.78 is 8.51. The van der Waals surface area contributed by atoms with Crippen molar-refractivity contribution in [2.45, 2.75) is 38.7 Å². The Morgan fingerprint density at radius 2 is 2.10 bits per heavy atom. The van der Waals surface area contributed by atoms with Crippen LogP contribution in [0.4, 0.5) is 5.69 Å². The molecule has 0 saturated carbocycles. The normalized spacial score (nSPS) is 11.3. The maximum Gasteiger partial charge on any atom is 0.312 e. The second-order valence-corrected chi connectivity index (χ2v) is 7.21. The van der Waals surface area contributed by atoms with Gasteiger partial charge in [0.2, 0.25) is 5.16 Å². The van der Waals surface area contributed by atoms with Gasteiger partial charge >= 0.3 is 5.69 Å². The number of hydrogen-bond donors (Lipinski definition) is 1. The van der Waals surface area contributed by atoms with E-state index in [1.807, 2.05) is 6.92 Å². The minimum atomic E-state index is -0.427. The lowest BCUT2D eigenvalue weighted by Crippen LogP contribution is -2.02. The summed E-state index contributed by atoms with van der Waals surface area (Å²) in [6, 6.07) is 4.93. The van der Waals surface area contributed by atoms with E-state index in [1.54, 1.807) is 48.5 Å². The van der Waals surface area contributed by atoms with Gasteiger partial charge in [-0.3, -0.25) is 14.8 Å². The van der Waals surface area contributed by atoms with E-state index >= 15 is 0 Å². The zero-order valence-corrected chi connectivity index (χ0v) is 17.8. The quantitative estimate of drug-likeness (QED) is 0.249. The van der Waals surface area contributed by atoms with E-state index in [9.17, 15) is 15.2 Å². The molecule has 2 aromatic heterocycles. The SMILES string of the molecule is CCOc1cc(/C=N/n2c(C)nnc2SCn2nc(C)c([N+](=O)[O-])c2C)ccc1O. The molecule has 0 spiro atoms. The van der Waals surface area contributed by atoms with Crippen LogP contribution in [-0.2, 0) is 5.88 Å². The third-order valence-electron chi connectivity index (χ3n) is 4.22. The van der Waals surface area contributed by atoms with Crippen LogP contribution in [0.25, 0.3) is 0 Å². The Balaban J connectivity index is 1.79. The molecule has 158 valence electrons. The van der Waals surface area contributed by atoms with Gasteiger partial charge in [0.1, 0.15) is 11.4 Å². The Morgan fingerprint density at radius 3 is 2.77 bits per heavy atom. The van der Waals surface area contributed by atoms with Crippen molar-refractivity contribution >= 4 is 23.7 Å². The summed E-state index contributed by atoms with van der Waals surface area (Å²) in [5.74, 6) is 1.34.